The maximum Gasteiger partial charge on any atom is 0.251 e. The van der Waals surface area contributed by atoms with Gasteiger partial charge in [-0.15, -0.1) is 24.0 Å². The molecule has 3 N–H and O–H groups in total. The van der Waals surface area contributed by atoms with Gasteiger partial charge in [-0.2, -0.15) is 0 Å². The summed E-state index contributed by atoms with van der Waals surface area (Å²) in [7, 11) is 0. The van der Waals surface area contributed by atoms with Gasteiger partial charge in [0.25, 0.3) is 5.91 Å². The van der Waals surface area contributed by atoms with Gasteiger partial charge in [0.2, 0.25) is 5.91 Å². The van der Waals surface area contributed by atoms with Crippen LogP contribution in [-0.4, -0.2) is 73.0 Å². The number of piperazine rings is 1. The average Bonchev–Trinajstić information content (AvgIpc) is 3.26. The number of carbonyl (C=O) groups is 2. The van der Waals surface area contributed by atoms with Gasteiger partial charge in [0.15, 0.2) is 5.96 Å². The molecular formula is C20H30IN5O3. The molecule has 8 nitrogen and oxygen atoms in total. The summed E-state index contributed by atoms with van der Waals surface area (Å²) in [6, 6.07) is 7.21. The molecule has 1 atom stereocenters. The highest BCUT2D eigenvalue weighted by molar-refractivity contribution is 14.0. The van der Waals surface area contributed by atoms with Gasteiger partial charge in [0.05, 0.1) is 6.54 Å². The van der Waals surface area contributed by atoms with E-state index in [9.17, 15) is 9.59 Å². The first-order valence-corrected chi connectivity index (χ1v) is 9.91. The Morgan fingerprint density at radius 2 is 1.97 bits per heavy atom. The molecule has 0 bridgehead atoms. The van der Waals surface area contributed by atoms with Crippen LogP contribution in [0.2, 0.25) is 0 Å². The minimum absolute atomic E-state index is 0. The molecule has 1 aromatic rings. The number of hydrogen-bond donors (Lipinski definition) is 2. The molecule has 0 spiro atoms. The molecule has 9 heteroatoms. The van der Waals surface area contributed by atoms with Crippen LogP contribution in [0.15, 0.2) is 29.3 Å². The lowest BCUT2D eigenvalue weighted by atomic mass is 10.1. The molecule has 2 saturated heterocycles. The Bertz CT molecular complexity index is 729. The maximum atomic E-state index is 12.5. The molecule has 2 aliphatic rings. The van der Waals surface area contributed by atoms with E-state index in [0.29, 0.717) is 31.8 Å². The second-order valence-electron chi connectivity index (χ2n) is 7.05. The highest BCUT2D eigenvalue weighted by Gasteiger charge is 2.30. The van der Waals surface area contributed by atoms with E-state index in [4.69, 9.17) is 15.5 Å². The standard InChI is InChI=1S/C20H29N5O3.HI/c1-2-22-20(23-14-15-5-3-6-16(13-15)18(21)26)25-10-8-24(9-11-25)19(27)17-7-4-12-28-17;/h3,5-6,13,17H,2,4,7-12,14H2,1H3,(H2,21,26)(H,22,23);1H. The Hall–Kier alpha value is -1.88. The molecule has 0 radical (unpaired) electrons. The minimum atomic E-state index is -0.440. The van der Waals surface area contributed by atoms with Gasteiger partial charge in [-0.3, -0.25) is 9.59 Å². The third-order valence-corrected chi connectivity index (χ3v) is 5.05. The van der Waals surface area contributed by atoms with Gasteiger partial charge >= 0.3 is 0 Å². The highest BCUT2D eigenvalue weighted by atomic mass is 127. The van der Waals surface area contributed by atoms with Gasteiger partial charge in [0.1, 0.15) is 6.10 Å². The summed E-state index contributed by atoms with van der Waals surface area (Å²) in [6.45, 7) is 6.72. The number of carbonyl (C=O) groups excluding carboxylic acids is 2. The fraction of sp³-hybridized carbons (Fsp3) is 0.550. The van der Waals surface area contributed by atoms with Crippen molar-refractivity contribution in [1.29, 1.82) is 0 Å². The van der Waals surface area contributed by atoms with Crippen molar-refractivity contribution in [3.8, 4) is 0 Å². The van der Waals surface area contributed by atoms with E-state index in [0.717, 1.165) is 44.0 Å². The van der Waals surface area contributed by atoms with E-state index in [1.165, 1.54) is 0 Å². The van der Waals surface area contributed by atoms with E-state index >= 15 is 0 Å². The summed E-state index contributed by atoms with van der Waals surface area (Å²) in [5, 5.41) is 3.32. The first-order valence-electron chi connectivity index (χ1n) is 9.91. The number of guanidine groups is 1. The normalized spacial score (nSPS) is 19.6. The Morgan fingerprint density at radius 1 is 1.24 bits per heavy atom. The zero-order valence-electron chi connectivity index (χ0n) is 16.8. The molecule has 2 amide bonds. The predicted octanol–water partition coefficient (Wildman–Crippen LogP) is 1.19. The number of nitrogens with zero attached hydrogens (tertiary/aromatic N) is 3. The quantitative estimate of drug-likeness (QED) is 0.349. The van der Waals surface area contributed by atoms with Gasteiger partial charge in [0, 0.05) is 44.9 Å². The Morgan fingerprint density at radius 3 is 2.59 bits per heavy atom. The lowest BCUT2D eigenvalue weighted by molar-refractivity contribution is -0.142. The molecular weight excluding hydrogens is 485 g/mol. The van der Waals surface area contributed by atoms with Crippen LogP contribution in [0.1, 0.15) is 35.7 Å². The van der Waals surface area contributed by atoms with Crippen LogP contribution in [0, 0.1) is 0 Å². The number of primary amides is 1. The smallest absolute Gasteiger partial charge is 0.251 e. The number of ether oxygens (including phenoxy) is 1. The lowest BCUT2D eigenvalue weighted by Gasteiger charge is -2.37. The molecule has 29 heavy (non-hydrogen) atoms. The second-order valence-corrected chi connectivity index (χ2v) is 7.05. The van der Waals surface area contributed by atoms with Gasteiger partial charge < -0.3 is 25.6 Å². The number of rotatable bonds is 5. The maximum absolute atomic E-state index is 12.5. The van der Waals surface area contributed by atoms with Crippen molar-refractivity contribution in [1.82, 2.24) is 15.1 Å². The van der Waals surface area contributed by atoms with Gasteiger partial charge in [-0.05, 0) is 37.5 Å². The molecule has 2 aliphatic heterocycles. The van der Waals surface area contributed by atoms with Crippen LogP contribution in [-0.2, 0) is 16.1 Å². The van der Waals surface area contributed by atoms with E-state index < -0.39 is 5.91 Å². The van der Waals surface area contributed by atoms with Gasteiger partial charge in [-0.25, -0.2) is 4.99 Å². The SMILES string of the molecule is CCNC(=NCc1cccc(C(N)=O)c1)N1CCN(C(=O)C2CCCO2)CC1.I. The fourth-order valence-corrected chi connectivity index (χ4v) is 3.53. The van der Waals surface area contributed by atoms with Crippen molar-refractivity contribution >= 4 is 41.8 Å². The van der Waals surface area contributed by atoms with Crippen LogP contribution in [0.25, 0.3) is 0 Å². The number of nitrogens with two attached hydrogens (primary N) is 1. The third-order valence-electron chi connectivity index (χ3n) is 5.05. The molecule has 3 rings (SSSR count). The molecule has 0 aliphatic carbocycles. The molecule has 0 saturated carbocycles. The molecule has 2 fully saturated rings. The zero-order chi connectivity index (χ0) is 19.9. The van der Waals surface area contributed by atoms with Crippen molar-refractivity contribution in [2.45, 2.75) is 32.4 Å². The Labute approximate surface area is 188 Å². The molecule has 1 unspecified atom stereocenters. The summed E-state index contributed by atoms with van der Waals surface area (Å²) in [5.74, 6) is 0.489. The van der Waals surface area contributed by atoms with Crippen molar-refractivity contribution in [3.05, 3.63) is 35.4 Å². The number of aliphatic imine (C=N–C) groups is 1. The summed E-state index contributed by atoms with van der Waals surface area (Å²) < 4.78 is 5.52. The molecule has 160 valence electrons. The first-order chi connectivity index (χ1) is 13.6. The van der Waals surface area contributed by atoms with E-state index in [1.807, 2.05) is 24.0 Å². The van der Waals surface area contributed by atoms with Crippen molar-refractivity contribution in [2.75, 3.05) is 39.3 Å². The van der Waals surface area contributed by atoms with Crippen molar-refractivity contribution in [3.63, 3.8) is 0 Å². The topological polar surface area (TPSA) is 100 Å². The van der Waals surface area contributed by atoms with Crippen molar-refractivity contribution < 1.29 is 14.3 Å². The molecule has 2 heterocycles. The average molecular weight is 515 g/mol. The first kappa shape index (κ1) is 23.4. The lowest BCUT2D eigenvalue weighted by Crippen LogP contribution is -2.55. The summed E-state index contributed by atoms with van der Waals surface area (Å²) in [6.07, 6.45) is 1.53. The Balaban J connectivity index is 0.00000300. The third kappa shape index (κ3) is 6.30. The van der Waals surface area contributed by atoms with Crippen LogP contribution in [0.5, 0.6) is 0 Å². The van der Waals surface area contributed by atoms with E-state index in [2.05, 4.69) is 10.2 Å². The summed E-state index contributed by atoms with van der Waals surface area (Å²) in [5.41, 5.74) is 6.76. The number of hydrogen-bond acceptors (Lipinski definition) is 4. The predicted molar refractivity (Wildman–Crippen MR) is 122 cm³/mol. The van der Waals surface area contributed by atoms with Crippen LogP contribution >= 0.6 is 24.0 Å². The van der Waals surface area contributed by atoms with E-state index in [1.54, 1.807) is 12.1 Å². The number of nitrogens with one attached hydrogen (secondary N) is 1. The van der Waals surface area contributed by atoms with Crippen molar-refractivity contribution in [2.24, 2.45) is 10.7 Å². The second kappa shape index (κ2) is 11.3. The Kier molecular flexibility index (Phi) is 9.15. The summed E-state index contributed by atoms with van der Waals surface area (Å²) in [4.78, 5) is 32.6. The number of halogens is 1. The van der Waals surface area contributed by atoms with Crippen LogP contribution in [0.4, 0.5) is 0 Å². The van der Waals surface area contributed by atoms with Gasteiger partial charge in [-0.1, -0.05) is 12.1 Å². The summed E-state index contributed by atoms with van der Waals surface area (Å²) >= 11 is 0. The van der Waals surface area contributed by atoms with E-state index in [-0.39, 0.29) is 36.0 Å². The minimum Gasteiger partial charge on any atom is -0.368 e. The highest BCUT2D eigenvalue weighted by Crippen LogP contribution is 2.16. The van der Waals surface area contributed by atoms with Crippen LogP contribution < -0.4 is 11.1 Å². The fourth-order valence-electron chi connectivity index (χ4n) is 3.53. The zero-order valence-corrected chi connectivity index (χ0v) is 19.1. The van der Waals surface area contributed by atoms with Crippen LogP contribution in [0.3, 0.4) is 0 Å². The molecule has 0 aromatic heterocycles. The monoisotopic (exact) mass is 515 g/mol. The molecule has 1 aromatic carbocycles. The number of amides is 2. The largest absolute Gasteiger partial charge is 0.368 e. The number of benzene rings is 1.